The Hall–Kier alpha value is -0.570. The molecular formula is C13H24N2O. The van der Waals surface area contributed by atoms with Crippen LogP contribution in [0.15, 0.2) is 0 Å². The maximum absolute atomic E-state index is 12.0. The lowest BCUT2D eigenvalue weighted by molar-refractivity contribution is -0.133. The summed E-state index contributed by atoms with van der Waals surface area (Å²) in [7, 11) is 0. The molecular weight excluding hydrogens is 200 g/mol. The van der Waals surface area contributed by atoms with Gasteiger partial charge in [-0.05, 0) is 50.5 Å². The normalized spacial score (nSPS) is 29.8. The number of likely N-dealkylation sites (tertiary alicyclic amines) is 1. The highest BCUT2D eigenvalue weighted by molar-refractivity contribution is 5.77. The van der Waals surface area contributed by atoms with Crippen molar-refractivity contribution >= 4 is 5.91 Å². The fourth-order valence-electron chi connectivity index (χ4n) is 3.17. The molecule has 0 aromatic rings. The highest BCUT2D eigenvalue weighted by Crippen LogP contribution is 2.37. The number of fused-ring (bicyclic) bond motifs is 2. The summed E-state index contributed by atoms with van der Waals surface area (Å²) in [6.45, 7) is 3.97. The number of nitrogens with two attached hydrogens (primary N) is 1. The van der Waals surface area contributed by atoms with Crippen molar-refractivity contribution < 1.29 is 4.79 Å². The van der Waals surface area contributed by atoms with Gasteiger partial charge in [0, 0.05) is 19.0 Å². The van der Waals surface area contributed by atoms with Crippen LogP contribution in [0.5, 0.6) is 0 Å². The minimum Gasteiger partial charge on any atom is -0.339 e. The molecule has 3 nitrogen and oxygen atoms in total. The summed E-state index contributed by atoms with van der Waals surface area (Å²) >= 11 is 0. The molecule has 0 spiro atoms. The second kappa shape index (κ2) is 5.17. The second-order valence-corrected chi connectivity index (χ2v) is 5.60. The Bertz CT molecular complexity index is 254. The average molecular weight is 224 g/mol. The molecule has 1 saturated carbocycles. The zero-order chi connectivity index (χ0) is 11.5. The molecule has 2 fully saturated rings. The van der Waals surface area contributed by atoms with Crippen molar-refractivity contribution in [1.82, 2.24) is 4.90 Å². The van der Waals surface area contributed by atoms with Crippen molar-refractivity contribution in [2.75, 3.05) is 13.1 Å². The van der Waals surface area contributed by atoms with Crippen LogP contribution >= 0.6 is 0 Å². The van der Waals surface area contributed by atoms with E-state index >= 15 is 0 Å². The molecule has 0 radical (unpaired) electrons. The van der Waals surface area contributed by atoms with Crippen molar-refractivity contribution in [2.45, 2.75) is 51.5 Å². The Labute approximate surface area is 98.4 Å². The topological polar surface area (TPSA) is 46.3 Å². The zero-order valence-corrected chi connectivity index (χ0v) is 10.3. The first-order chi connectivity index (χ1) is 7.70. The zero-order valence-electron chi connectivity index (χ0n) is 10.3. The highest BCUT2D eigenvalue weighted by Gasteiger charge is 2.39. The maximum atomic E-state index is 12.0. The summed E-state index contributed by atoms with van der Waals surface area (Å²) < 4.78 is 0. The van der Waals surface area contributed by atoms with Gasteiger partial charge in [0.1, 0.15) is 0 Å². The van der Waals surface area contributed by atoms with Gasteiger partial charge in [0.2, 0.25) is 5.91 Å². The minimum atomic E-state index is 0.385. The molecule has 92 valence electrons. The minimum absolute atomic E-state index is 0.385. The predicted octanol–water partition coefficient (Wildman–Crippen LogP) is 1.76. The molecule has 1 aliphatic carbocycles. The number of amides is 1. The van der Waals surface area contributed by atoms with Gasteiger partial charge in [-0.3, -0.25) is 4.79 Å². The van der Waals surface area contributed by atoms with Crippen LogP contribution in [0.25, 0.3) is 0 Å². The first kappa shape index (κ1) is 11.9. The summed E-state index contributed by atoms with van der Waals surface area (Å²) in [5, 5.41) is 0. The summed E-state index contributed by atoms with van der Waals surface area (Å²) in [5.41, 5.74) is 5.51. The molecule has 2 rings (SSSR count). The van der Waals surface area contributed by atoms with E-state index in [1.54, 1.807) is 0 Å². The molecule has 2 N–H and O–H groups in total. The SMILES string of the molecule is CC(CCN)CCC(=O)N1CC2CCC1C2. The first-order valence-corrected chi connectivity index (χ1v) is 6.70. The van der Waals surface area contributed by atoms with Crippen molar-refractivity contribution in [3.8, 4) is 0 Å². The van der Waals surface area contributed by atoms with Crippen LogP contribution in [0.1, 0.15) is 45.4 Å². The summed E-state index contributed by atoms with van der Waals surface area (Å²) in [5.74, 6) is 1.79. The van der Waals surface area contributed by atoms with Crippen molar-refractivity contribution in [2.24, 2.45) is 17.6 Å². The molecule has 1 aliphatic heterocycles. The van der Waals surface area contributed by atoms with E-state index in [0.717, 1.165) is 38.3 Å². The third-order valence-electron chi connectivity index (χ3n) is 4.24. The quantitative estimate of drug-likeness (QED) is 0.773. The lowest BCUT2D eigenvalue weighted by Gasteiger charge is -2.27. The Morgan fingerprint density at radius 3 is 2.81 bits per heavy atom. The molecule has 1 heterocycles. The van der Waals surface area contributed by atoms with Crippen LogP contribution in [-0.2, 0) is 4.79 Å². The van der Waals surface area contributed by atoms with E-state index in [9.17, 15) is 4.79 Å². The molecule has 0 aromatic heterocycles. The number of hydrogen-bond acceptors (Lipinski definition) is 2. The van der Waals surface area contributed by atoms with E-state index < -0.39 is 0 Å². The van der Waals surface area contributed by atoms with Crippen LogP contribution in [0.2, 0.25) is 0 Å². The lowest BCUT2D eigenvalue weighted by Crippen LogP contribution is -2.37. The summed E-state index contributed by atoms with van der Waals surface area (Å²) in [6, 6.07) is 0.585. The first-order valence-electron chi connectivity index (χ1n) is 6.70. The van der Waals surface area contributed by atoms with Crippen LogP contribution in [0, 0.1) is 11.8 Å². The third-order valence-corrected chi connectivity index (χ3v) is 4.24. The van der Waals surface area contributed by atoms with Crippen molar-refractivity contribution in [1.29, 1.82) is 0 Å². The summed E-state index contributed by atoms with van der Waals surface area (Å²) in [4.78, 5) is 14.2. The Morgan fingerprint density at radius 1 is 1.44 bits per heavy atom. The fraction of sp³-hybridized carbons (Fsp3) is 0.923. The number of carbonyl (C=O) groups is 1. The molecule has 2 aliphatic rings. The average Bonchev–Trinajstić information content (AvgIpc) is 2.88. The van der Waals surface area contributed by atoms with Crippen LogP contribution in [0.4, 0.5) is 0 Å². The third kappa shape index (κ3) is 2.57. The van der Waals surface area contributed by atoms with Crippen molar-refractivity contribution in [3.63, 3.8) is 0 Å². The molecule has 16 heavy (non-hydrogen) atoms. The Morgan fingerprint density at radius 2 is 2.25 bits per heavy atom. The molecule has 3 atom stereocenters. The molecule has 3 heteroatoms. The van der Waals surface area contributed by atoms with E-state index in [-0.39, 0.29) is 0 Å². The monoisotopic (exact) mass is 224 g/mol. The molecule has 1 amide bonds. The second-order valence-electron chi connectivity index (χ2n) is 5.60. The van der Waals surface area contributed by atoms with Gasteiger partial charge in [-0.15, -0.1) is 0 Å². The van der Waals surface area contributed by atoms with Gasteiger partial charge >= 0.3 is 0 Å². The van der Waals surface area contributed by atoms with E-state index in [1.165, 1.54) is 19.3 Å². The van der Waals surface area contributed by atoms with Crippen LogP contribution in [-0.4, -0.2) is 29.9 Å². The standard InChI is InChI=1S/C13H24N2O/c1-10(6-7-14)2-5-13(16)15-9-11-3-4-12(15)8-11/h10-12H,2-9,14H2,1H3. The van der Waals surface area contributed by atoms with E-state index in [0.29, 0.717) is 17.9 Å². The van der Waals surface area contributed by atoms with Crippen molar-refractivity contribution in [3.05, 3.63) is 0 Å². The largest absolute Gasteiger partial charge is 0.339 e. The highest BCUT2D eigenvalue weighted by atomic mass is 16.2. The van der Waals surface area contributed by atoms with Gasteiger partial charge in [-0.1, -0.05) is 6.92 Å². The van der Waals surface area contributed by atoms with Crippen LogP contribution in [0.3, 0.4) is 0 Å². The number of nitrogens with zero attached hydrogens (tertiary/aromatic N) is 1. The fourth-order valence-corrected chi connectivity index (χ4v) is 3.17. The molecule has 2 bridgehead atoms. The van der Waals surface area contributed by atoms with Gasteiger partial charge in [0.15, 0.2) is 0 Å². The Kier molecular flexibility index (Phi) is 3.85. The van der Waals surface area contributed by atoms with Gasteiger partial charge in [0.05, 0.1) is 0 Å². The smallest absolute Gasteiger partial charge is 0.222 e. The van der Waals surface area contributed by atoms with Gasteiger partial charge in [-0.25, -0.2) is 0 Å². The Balaban J connectivity index is 1.72. The molecule has 3 unspecified atom stereocenters. The number of piperidine rings is 1. The number of carbonyl (C=O) groups excluding carboxylic acids is 1. The van der Waals surface area contributed by atoms with Gasteiger partial charge in [0.25, 0.3) is 0 Å². The molecule has 0 aromatic carbocycles. The lowest BCUT2D eigenvalue weighted by atomic mass is 10.0. The van der Waals surface area contributed by atoms with Crippen LogP contribution < -0.4 is 5.73 Å². The van der Waals surface area contributed by atoms with E-state index in [1.807, 2.05) is 0 Å². The number of rotatable bonds is 5. The van der Waals surface area contributed by atoms with E-state index in [2.05, 4.69) is 11.8 Å². The van der Waals surface area contributed by atoms with Gasteiger partial charge < -0.3 is 10.6 Å². The maximum Gasteiger partial charge on any atom is 0.222 e. The van der Waals surface area contributed by atoms with E-state index in [4.69, 9.17) is 5.73 Å². The molecule has 1 saturated heterocycles. The number of hydrogen-bond donors (Lipinski definition) is 1. The predicted molar refractivity (Wildman–Crippen MR) is 64.9 cm³/mol. The van der Waals surface area contributed by atoms with Gasteiger partial charge in [-0.2, -0.15) is 0 Å². The summed E-state index contributed by atoms with van der Waals surface area (Å²) in [6.07, 6.45) is 6.63.